The first kappa shape index (κ1) is 17.2. The van der Waals surface area contributed by atoms with Crippen molar-refractivity contribution in [2.75, 3.05) is 6.54 Å². The van der Waals surface area contributed by atoms with Gasteiger partial charge in [0.2, 0.25) is 0 Å². The molecule has 0 aliphatic rings. The van der Waals surface area contributed by atoms with E-state index in [0.717, 1.165) is 12.0 Å². The van der Waals surface area contributed by atoms with E-state index in [2.05, 4.69) is 10.3 Å². The van der Waals surface area contributed by atoms with Gasteiger partial charge in [0.25, 0.3) is 5.91 Å². The Bertz CT molecular complexity index is 630. The van der Waals surface area contributed by atoms with Gasteiger partial charge in [-0.1, -0.05) is 12.1 Å². The predicted molar refractivity (Wildman–Crippen MR) is 90.3 cm³/mol. The van der Waals surface area contributed by atoms with Crippen molar-refractivity contribution in [3.8, 4) is 0 Å². The van der Waals surface area contributed by atoms with E-state index in [4.69, 9.17) is 0 Å². The standard InChI is InChI=1S/C18H25N3O2/c1-14(21-10-9-19-13-21)12-20-17(22)16-6-4-5-15(11-16)7-8-18(2,3)23/h4-6,9-11,13-14,23H,7-8,12H2,1-3H3,(H,20,22)/t14-/m0/s1. The van der Waals surface area contributed by atoms with Crippen LogP contribution in [-0.2, 0) is 6.42 Å². The van der Waals surface area contributed by atoms with Crippen LogP contribution in [0.25, 0.3) is 0 Å². The molecule has 1 aromatic heterocycles. The highest BCUT2D eigenvalue weighted by molar-refractivity contribution is 5.94. The summed E-state index contributed by atoms with van der Waals surface area (Å²) in [5, 5.41) is 12.8. The van der Waals surface area contributed by atoms with Crippen molar-refractivity contribution in [3.05, 3.63) is 54.1 Å². The molecule has 1 atom stereocenters. The number of carbonyl (C=O) groups excluding carboxylic acids is 1. The Labute approximate surface area is 137 Å². The Morgan fingerprint density at radius 2 is 2.22 bits per heavy atom. The molecule has 5 heteroatoms. The minimum absolute atomic E-state index is 0.0814. The van der Waals surface area contributed by atoms with Crippen LogP contribution in [0.15, 0.2) is 43.0 Å². The number of nitrogens with zero attached hydrogens (tertiary/aromatic N) is 2. The van der Waals surface area contributed by atoms with Gasteiger partial charge in [-0.25, -0.2) is 4.98 Å². The summed E-state index contributed by atoms with van der Waals surface area (Å²) >= 11 is 0. The van der Waals surface area contributed by atoms with Gasteiger partial charge in [0, 0.05) is 30.5 Å². The minimum Gasteiger partial charge on any atom is -0.390 e. The summed E-state index contributed by atoms with van der Waals surface area (Å²) in [7, 11) is 0. The van der Waals surface area contributed by atoms with Gasteiger partial charge < -0.3 is 15.0 Å². The minimum atomic E-state index is -0.696. The van der Waals surface area contributed by atoms with Gasteiger partial charge in [0.05, 0.1) is 11.9 Å². The van der Waals surface area contributed by atoms with Gasteiger partial charge in [0.1, 0.15) is 0 Å². The van der Waals surface area contributed by atoms with Crippen LogP contribution >= 0.6 is 0 Å². The van der Waals surface area contributed by atoms with Crippen LogP contribution < -0.4 is 5.32 Å². The molecule has 0 bridgehead atoms. The van der Waals surface area contributed by atoms with Gasteiger partial charge in [-0.2, -0.15) is 0 Å². The number of amides is 1. The largest absolute Gasteiger partial charge is 0.390 e. The van der Waals surface area contributed by atoms with Crippen molar-refractivity contribution >= 4 is 5.91 Å². The average Bonchev–Trinajstić information content (AvgIpc) is 3.04. The number of nitrogens with one attached hydrogen (secondary N) is 1. The quantitative estimate of drug-likeness (QED) is 0.825. The van der Waals surface area contributed by atoms with Gasteiger partial charge >= 0.3 is 0 Å². The van der Waals surface area contributed by atoms with Crippen LogP contribution in [0.4, 0.5) is 0 Å². The third-order valence-corrected chi connectivity index (χ3v) is 3.81. The second-order valence-corrected chi connectivity index (χ2v) is 6.58. The third kappa shape index (κ3) is 5.53. The van der Waals surface area contributed by atoms with E-state index < -0.39 is 5.60 Å². The van der Waals surface area contributed by atoms with Crippen LogP contribution in [0, 0.1) is 0 Å². The van der Waals surface area contributed by atoms with Crippen molar-refractivity contribution in [2.24, 2.45) is 0 Å². The van der Waals surface area contributed by atoms with Gasteiger partial charge in [-0.3, -0.25) is 4.79 Å². The molecule has 0 unspecified atom stereocenters. The van der Waals surface area contributed by atoms with Crippen molar-refractivity contribution in [1.82, 2.24) is 14.9 Å². The van der Waals surface area contributed by atoms with Crippen LogP contribution in [0.2, 0.25) is 0 Å². The number of benzene rings is 1. The maximum absolute atomic E-state index is 12.3. The van der Waals surface area contributed by atoms with Crippen molar-refractivity contribution in [2.45, 2.75) is 45.3 Å². The first-order valence-corrected chi connectivity index (χ1v) is 7.92. The summed E-state index contributed by atoms with van der Waals surface area (Å²) in [6.45, 7) is 6.16. The maximum Gasteiger partial charge on any atom is 0.251 e. The Morgan fingerprint density at radius 1 is 1.43 bits per heavy atom. The van der Waals surface area contributed by atoms with E-state index in [0.29, 0.717) is 18.5 Å². The van der Waals surface area contributed by atoms with Gasteiger partial charge in [-0.05, 0) is 51.3 Å². The summed E-state index contributed by atoms with van der Waals surface area (Å²) in [5.74, 6) is -0.0814. The average molecular weight is 315 g/mol. The number of hydrogen-bond donors (Lipinski definition) is 2. The summed E-state index contributed by atoms with van der Waals surface area (Å²) in [6.07, 6.45) is 6.76. The molecule has 0 aliphatic heterocycles. The van der Waals surface area contributed by atoms with Crippen LogP contribution in [0.5, 0.6) is 0 Å². The molecule has 2 N–H and O–H groups in total. The SMILES string of the molecule is C[C@@H](CNC(=O)c1cccc(CCC(C)(C)O)c1)n1ccnc1. The molecule has 5 nitrogen and oxygen atoms in total. The van der Waals surface area contributed by atoms with Crippen LogP contribution in [0.3, 0.4) is 0 Å². The van der Waals surface area contributed by atoms with E-state index >= 15 is 0 Å². The van der Waals surface area contributed by atoms with E-state index in [1.54, 1.807) is 26.4 Å². The van der Waals surface area contributed by atoms with Crippen LogP contribution in [-0.4, -0.2) is 32.7 Å². The molecule has 2 aromatic rings. The fourth-order valence-electron chi connectivity index (χ4n) is 2.30. The van der Waals surface area contributed by atoms with Gasteiger partial charge in [0.15, 0.2) is 0 Å². The molecule has 1 amide bonds. The third-order valence-electron chi connectivity index (χ3n) is 3.81. The molecule has 1 heterocycles. The molecular formula is C18H25N3O2. The molecule has 124 valence electrons. The zero-order chi connectivity index (χ0) is 16.9. The fraction of sp³-hybridized carbons (Fsp3) is 0.444. The van der Waals surface area contributed by atoms with Crippen LogP contribution in [0.1, 0.15) is 49.2 Å². The Hall–Kier alpha value is -2.14. The highest BCUT2D eigenvalue weighted by Crippen LogP contribution is 2.14. The smallest absolute Gasteiger partial charge is 0.251 e. The Kier molecular flexibility index (Phi) is 5.55. The highest BCUT2D eigenvalue weighted by Gasteiger charge is 2.13. The van der Waals surface area contributed by atoms with Gasteiger partial charge in [-0.15, -0.1) is 0 Å². The lowest BCUT2D eigenvalue weighted by atomic mass is 9.98. The molecule has 2 rings (SSSR count). The number of hydrogen-bond acceptors (Lipinski definition) is 3. The zero-order valence-electron chi connectivity index (χ0n) is 14.0. The summed E-state index contributed by atoms with van der Waals surface area (Å²) in [6, 6.07) is 7.72. The maximum atomic E-state index is 12.3. The fourth-order valence-corrected chi connectivity index (χ4v) is 2.30. The number of aryl methyl sites for hydroxylation is 1. The summed E-state index contributed by atoms with van der Waals surface area (Å²) in [5.41, 5.74) is 1.01. The Morgan fingerprint density at radius 3 is 2.87 bits per heavy atom. The van der Waals surface area contributed by atoms with E-state index in [1.165, 1.54) is 0 Å². The number of carbonyl (C=O) groups is 1. The first-order chi connectivity index (χ1) is 10.8. The molecule has 0 saturated carbocycles. The second kappa shape index (κ2) is 7.42. The molecule has 0 spiro atoms. The van der Waals surface area contributed by atoms with Crippen molar-refractivity contribution < 1.29 is 9.90 Å². The van der Waals surface area contributed by atoms with Crippen molar-refractivity contribution in [1.29, 1.82) is 0 Å². The van der Waals surface area contributed by atoms with E-state index in [9.17, 15) is 9.90 Å². The molecular weight excluding hydrogens is 290 g/mol. The number of rotatable bonds is 7. The van der Waals surface area contributed by atoms with E-state index in [1.807, 2.05) is 42.0 Å². The van der Waals surface area contributed by atoms with Crippen molar-refractivity contribution in [3.63, 3.8) is 0 Å². The monoisotopic (exact) mass is 315 g/mol. The zero-order valence-corrected chi connectivity index (χ0v) is 14.0. The molecule has 0 fully saturated rings. The first-order valence-electron chi connectivity index (χ1n) is 7.92. The number of aromatic nitrogens is 2. The molecule has 0 saturated heterocycles. The molecule has 0 radical (unpaired) electrons. The number of aliphatic hydroxyl groups is 1. The molecule has 23 heavy (non-hydrogen) atoms. The highest BCUT2D eigenvalue weighted by atomic mass is 16.3. The second-order valence-electron chi connectivity index (χ2n) is 6.58. The molecule has 1 aromatic carbocycles. The van der Waals surface area contributed by atoms with E-state index in [-0.39, 0.29) is 11.9 Å². The molecule has 0 aliphatic carbocycles. The number of imidazole rings is 1. The predicted octanol–water partition coefficient (Wildman–Crippen LogP) is 2.58. The normalized spacial score (nSPS) is 12.9. The summed E-state index contributed by atoms with van der Waals surface area (Å²) < 4.78 is 1.96. The lowest BCUT2D eigenvalue weighted by Gasteiger charge is -2.17. The lowest BCUT2D eigenvalue weighted by Crippen LogP contribution is -2.29. The topological polar surface area (TPSA) is 67.2 Å². The Balaban J connectivity index is 1.91. The summed E-state index contributed by atoms with van der Waals surface area (Å²) in [4.78, 5) is 16.3. The lowest BCUT2D eigenvalue weighted by molar-refractivity contribution is 0.0714.